The molecule has 0 aliphatic heterocycles. The van der Waals surface area contributed by atoms with Crippen molar-refractivity contribution in [3.05, 3.63) is 18.1 Å². The van der Waals surface area contributed by atoms with Gasteiger partial charge in [0.1, 0.15) is 0 Å². The first kappa shape index (κ1) is 14.8. The number of anilines is 1. The Morgan fingerprint density at radius 2 is 1.94 bits per heavy atom. The maximum atomic E-state index is 5.43. The van der Waals surface area contributed by atoms with Crippen molar-refractivity contribution in [1.82, 2.24) is 9.97 Å². The highest BCUT2D eigenvalue weighted by Crippen LogP contribution is 2.00. The Kier molecular flexibility index (Phi) is 7.98. The van der Waals surface area contributed by atoms with E-state index in [1.165, 1.54) is 0 Å². The van der Waals surface area contributed by atoms with Crippen molar-refractivity contribution in [3.63, 3.8) is 0 Å². The standard InChI is InChI=1S/C11H20N4O3/c1-16-5-6-17-3-2-4-18-9-10-7-14-11(15-12)8-13-10/h7-8H,2-6,9,12H2,1H3,(H,14,15). The number of hydrogen-bond donors (Lipinski definition) is 2. The average Bonchev–Trinajstić information content (AvgIpc) is 2.42. The van der Waals surface area contributed by atoms with Crippen molar-refractivity contribution in [2.75, 3.05) is 39.0 Å². The number of nitrogens with zero attached hydrogens (tertiary/aromatic N) is 2. The van der Waals surface area contributed by atoms with Crippen LogP contribution in [0.5, 0.6) is 0 Å². The Labute approximate surface area is 107 Å². The maximum Gasteiger partial charge on any atom is 0.158 e. The van der Waals surface area contributed by atoms with Gasteiger partial charge in [0.25, 0.3) is 0 Å². The fourth-order valence-electron chi connectivity index (χ4n) is 1.19. The minimum absolute atomic E-state index is 0.440. The van der Waals surface area contributed by atoms with Crippen LogP contribution in [0.1, 0.15) is 12.1 Å². The summed E-state index contributed by atoms with van der Waals surface area (Å²) in [5.74, 6) is 5.72. The molecule has 0 atom stereocenters. The van der Waals surface area contributed by atoms with Crippen LogP contribution in [-0.4, -0.2) is 43.5 Å². The molecule has 0 aromatic carbocycles. The van der Waals surface area contributed by atoms with E-state index in [1.807, 2.05) is 0 Å². The monoisotopic (exact) mass is 256 g/mol. The molecule has 0 amide bonds. The van der Waals surface area contributed by atoms with Crippen molar-refractivity contribution in [1.29, 1.82) is 0 Å². The van der Waals surface area contributed by atoms with E-state index in [9.17, 15) is 0 Å². The number of ether oxygens (including phenoxy) is 3. The SMILES string of the molecule is COCCOCCCOCc1cnc(NN)cn1. The first-order valence-electron chi connectivity index (χ1n) is 5.78. The molecule has 0 bridgehead atoms. The highest BCUT2D eigenvalue weighted by Gasteiger charge is 1.97. The molecular weight excluding hydrogens is 236 g/mol. The van der Waals surface area contributed by atoms with Gasteiger partial charge in [0.15, 0.2) is 5.82 Å². The van der Waals surface area contributed by atoms with Crippen LogP contribution in [0.3, 0.4) is 0 Å². The second-order valence-electron chi connectivity index (χ2n) is 3.55. The summed E-state index contributed by atoms with van der Waals surface area (Å²) in [6.45, 7) is 2.99. The summed E-state index contributed by atoms with van der Waals surface area (Å²) < 4.78 is 15.6. The molecule has 0 unspecified atom stereocenters. The summed E-state index contributed by atoms with van der Waals surface area (Å²) in [6.07, 6.45) is 4.04. The molecule has 102 valence electrons. The van der Waals surface area contributed by atoms with Gasteiger partial charge in [-0.2, -0.15) is 0 Å². The van der Waals surface area contributed by atoms with Crippen LogP contribution in [0.2, 0.25) is 0 Å². The molecule has 0 aliphatic carbocycles. The van der Waals surface area contributed by atoms with Gasteiger partial charge >= 0.3 is 0 Å². The highest BCUT2D eigenvalue weighted by atomic mass is 16.5. The van der Waals surface area contributed by atoms with Crippen molar-refractivity contribution in [2.45, 2.75) is 13.0 Å². The molecule has 18 heavy (non-hydrogen) atoms. The van der Waals surface area contributed by atoms with Crippen LogP contribution in [0.4, 0.5) is 5.82 Å². The molecule has 0 saturated heterocycles. The lowest BCUT2D eigenvalue weighted by Gasteiger charge is -2.05. The molecule has 3 N–H and O–H groups in total. The third kappa shape index (κ3) is 6.45. The Morgan fingerprint density at radius 3 is 2.61 bits per heavy atom. The van der Waals surface area contributed by atoms with Crippen LogP contribution >= 0.6 is 0 Å². The van der Waals surface area contributed by atoms with Gasteiger partial charge in [-0.1, -0.05) is 0 Å². The lowest BCUT2D eigenvalue weighted by atomic mass is 10.4. The molecular formula is C11H20N4O3. The topological polar surface area (TPSA) is 91.5 Å². The summed E-state index contributed by atoms with van der Waals surface area (Å²) in [7, 11) is 1.65. The Morgan fingerprint density at radius 1 is 1.11 bits per heavy atom. The minimum atomic E-state index is 0.440. The first-order valence-corrected chi connectivity index (χ1v) is 5.78. The Bertz CT molecular complexity index is 308. The van der Waals surface area contributed by atoms with E-state index in [1.54, 1.807) is 19.5 Å². The van der Waals surface area contributed by atoms with Gasteiger partial charge in [0.05, 0.1) is 37.9 Å². The number of aromatic nitrogens is 2. The van der Waals surface area contributed by atoms with Crippen molar-refractivity contribution in [3.8, 4) is 0 Å². The van der Waals surface area contributed by atoms with E-state index < -0.39 is 0 Å². The maximum absolute atomic E-state index is 5.43. The fraction of sp³-hybridized carbons (Fsp3) is 0.636. The van der Waals surface area contributed by atoms with Crippen LogP contribution in [0.25, 0.3) is 0 Å². The normalized spacial score (nSPS) is 10.6. The van der Waals surface area contributed by atoms with E-state index in [0.29, 0.717) is 38.9 Å². The second kappa shape index (κ2) is 9.72. The summed E-state index contributed by atoms with van der Waals surface area (Å²) in [5.41, 5.74) is 3.19. The molecule has 0 fully saturated rings. The number of nitrogens with one attached hydrogen (secondary N) is 1. The van der Waals surface area contributed by atoms with Crippen molar-refractivity contribution in [2.24, 2.45) is 5.84 Å². The number of methoxy groups -OCH3 is 1. The van der Waals surface area contributed by atoms with Gasteiger partial charge < -0.3 is 19.6 Å². The number of rotatable bonds is 10. The molecule has 0 saturated carbocycles. The van der Waals surface area contributed by atoms with Gasteiger partial charge in [-0.25, -0.2) is 10.8 Å². The Balaban J connectivity index is 2.00. The molecule has 1 heterocycles. The molecule has 0 aliphatic rings. The van der Waals surface area contributed by atoms with Gasteiger partial charge in [-0.15, -0.1) is 0 Å². The van der Waals surface area contributed by atoms with E-state index in [2.05, 4.69) is 15.4 Å². The summed E-state index contributed by atoms with van der Waals surface area (Å²) in [5, 5.41) is 0. The molecule has 0 radical (unpaired) electrons. The first-order chi connectivity index (χ1) is 8.86. The van der Waals surface area contributed by atoms with Crippen LogP contribution in [0, 0.1) is 0 Å². The molecule has 0 spiro atoms. The average molecular weight is 256 g/mol. The lowest BCUT2D eigenvalue weighted by molar-refractivity contribution is 0.0478. The molecule has 7 heteroatoms. The summed E-state index contributed by atoms with van der Waals surface area (Å²) in [4.78, 5) is 8.16. The van der Waals surface area contributed by atoms with Crippen LogP contribution < -0.4 is 11.3 Å². The lowest BCUT2D eigenvalue weighted by Crippen LogP contribution is -2.09. The molecule has 1 aromatic heterocycles. The molecule has 1 rings (SSSR count). The number of nitrogens with two attached hydrogens (primary N) is 1. The zero-order chi connectivity index (χ0) is 13.1. The number of hydrogen-bond acceptors (Lipinski definition) is 7. The highest BCUT2D eigenvalue weighted by molar-refractivity contribution is 5.28. The van der Waals surface area contributed by atoms with Gasteiger partial charge in [0.2, 0.25) is 0 Å². The quantitative estimate of drug-likeness (QED) is 0.354. The van der Waals surface area contributed by atoms with Crippen molar-refractivity contribution >= 4 is 5.82 Å². The van der Waals surface area contributed by atoms with E-state index in [4.69, 9.17) is 20.1 Å². The minimum Gasteiger partial charge on any atom is -0.382 e. The summed E-state index contributed by atoms with van der Waals surface area (Å²) >= 11 is 0. The molecule has 1 aromatic rings. The van der Waals surface area contributed by atoms with E-state index in [0.717, 1.165) is 12.1 Å². The van der Waals surface area contributed by atoms with Gasteiger partial charge in [-0.05, 0) is 6.42 Å². The van der Waals surface area contributed by atoms with Gasteiger partial charge in [0, 0.05) is 20.3 Å². The largest absolute Gasteiger partial charge is 0.382 e. The predicted octanol–water partition coefficient (Wildman–Crippen LogP) is 0.332. The van der Waals surface area contributed by atoms with Crippen LogP contribution in [-0.2, 0) is 20.8 Å². The van der Waals surface area contributed by atoms with Gasteiger partial charge in [-0.3, -0.25) is 4.98 Å². The van der Waals surface area contributed by atoms with Crippen LogP contribution in [0.15, 0.2) is 12.4 Å². The third-order valence-corrected chi connectivity index (χ3v) is 2.11. The zero-order valence-corrected chi connectivity index (χ0v) is 10.6. The zero-order valence-electron chi connectivity index (χ0n) is 10.6. The third-order valence-electron chi connectivity index (χ3n) is 2.11. The van der Waals surface area contributed by atoms with E-state index in [-0.39, 0.29) is 0 Å². The predicted molar refractivity (Wildman–Crippen MR) is 66.8 cm³/mol. The summed E-state index contributed by atoms with van der Waals surface area (Å²) in [6, 6.07) is 0. The smallest absolute Gasteiger partial charge is 0.158 e. The Hall–Kier alpha value is -1.28. The number of hydrazine groups is 1. The molecule has 7 nitrogen and oxygen atoms in total. The fourth-order valence-corrected chi connectivity index (χ4v) is 1.19. The second-order valence-corrected chi connectivity index (χ2v) is 3.55. The van der Waals surface area contributed by atoms with Crippen molar-refractivity contribution < 1.29 is 14.2 Å². The van der Waals surface area contributed by atoms with E-state index >= 15 is 0 Å². The number of nitrogen functional groups attached to an aromatic ring is 1.